The number of halogens is 1. The first kappa shape index (κ1) is 19.7. The summed E-state index contributed by atoms with van der Waals surface area (Å²) >= 11 is 3.42. The number of ketones is 1. The number of aromatic nitrogens is 1. The minimum atomic E-state index is -0.0993. The molecule has 0 saturated carbocycles. The second-order valence-electron chi connectivity index (χ2n) is 7.40. The number of aryl methyl sites for hydroxylation is 1. The van der Waals surface area contributed by atoms with Crippen molar-refractivity contribution in [1.82, 2.24) is 9.47 Å². The lowest BCUT2D eigenvalue weighted by Gasteiger charge is -2.10. The standard InChI is InChI=1S/C23H23BrN2O3/c1-25(2)9-4-10-26-14-15(18-13-17(28-3)6-7-20(18)26)11-22-23(27)19-12-16(24)5-8-21(19)29-22/h5-8,11-14H,4,9-10H2,1-3H3/b22-11-. The van der Waals surface area contributed by atoms with Crippen LogP contribution in [-0.2, 0) is 6.54 Å². The van der Waals surface area contributed by atoms with Gasteiger partial charge in [-0.05, 0) is 69.5 Å². The summed E-state index contributed by atoms with van der Waals surface area (Å²) in [6, 6.07) is 11.5. The van der Waals surface area contributed by atoms with Crippen LogP contribution in [0.1, 0.15) is 22.3 Å². The van der Waals surface area contributed by atoms with Gasteiger partial charge in [-0.25, -0.2) is 0 Å². The second kappa shape index (κ2) is 8.05. The summed E-state index contributed by atoms with van der Waals surface area (Å²) in [5.74, 6) is 1.62. The van der Waals surface area contributed by atoms with Gasteiger partial charge in [-0.2, -0.15) is 0 Å². The summed E-state index contributed by atoms with van der Waals surface area (Å²) in [5, 5.41) is 1.04. The monoisotopic (exact) mass is 454 g/mol. The minimum absolute atomic E-state index is 0.0993. The molecule has 0 unspecified atom stereocenters. The van der Waals surface area contributed by atoms with E-state index in [0.29, 0.717) is 17.1 Å². The zero-order chi connectivity index (χ0) is 20.5. The van der Waals surface area contributed by atoms with Gasteiger partial charge in [0.1, 0.15) is 11.5 Å². The van der Waals surface area contributed by atoms with E-state index in [1.54, 1.807) is 13.2 Å². The van der Waals surface area contributed by atoms with Crippen LogP contribution in [0.2, 0.25) is 0 Å². The first-order valence-corrected chi connectivity index (χ1v) is 10.3. The number of benzene rings is 2. The maximum absolute atomic E-state index is 12.8. The molecule has 2 aromatic carbocycles. The van der Waals surface area contributed by atoms with Gasteiger partial charge < -0.3 is 18.9 Å². The number of hydrogen-bond acceptors (Lipinski definition) is 4. The van der Waals surface area contributed by atoms with Crippen molar-refractivity contribution >= 4 is 38.7 Å². The largest absolute Gasteiger partial charge is 0.497 e. The molecule has 1 aliphatic heterocycles. The van der Waals surface area contributed by atoms with Crippen LogP contribution in [0.3, 0.4) is 0 Å². The molecule has 4 rings (SSSR count). The Hall–Kier alpha value is -2.57. The lowest BCUT2D eigenvalue weighted by Crippen LogP contribution is -2.14. The molecule has 0 bridgehead atoms. The number of ether oxygens (including phenoxy) is 2. The third kappa shape index (κ3) is 3.95. The maximum atomic E-state index is 12.8. The Morgan fingerprint density at radius 3 is 2.79 bits per heavy atom. The van der Waals surface area contributed by atoms with Gasteiger partial charge in [-0.3, -0.25) is 4.79 Å². The van der Waals surface area contributed by atoms with Crippen molar-refractivity contribution in [2.75, 3.05) is 27.7 Å². The van der Waals surface area contributed by atoms with Crippen molar-refractivity contribution in [1.29, 1.82) is 0 Å². The number of methoxy groups -OCH3 is 1. The summed E-state index contributed by atoms with van der Waals surface area (Å²) < 4.78 is 14.4. The van der Waals surface area contributed by atoms with Gasteiger partial charge in [0.15, 0.2) is 5.76 Å². The molecule has 0 amide bonds. The fraction of sp³-hybridized carbons (Fsp3) is 0.261. The molecular weight excluding hydrogens is 432 g/mol. The Bertz CT molecular complexity index is 1110. The number of carbonyl (C=O) groups is 1. The third-order valence-electron chi connectivity index (χ3n) is 5.04. The molecule has 29 heavy (non-hydrogen) atoms. The molecular formula is C23H23BrN2O3. The molecule has 6 heteroatoms. The van der Waals surface area contributed by atoms with Gasteiger partial charge in [-0.15, -0.1) is 0 Å². The molecule has 2 heterocycles. The van der Waals surface area contributed by atoms with Crippen molar-refractivity contribution in [3.05, 3.63) is 64.0 Å². The lowest BCUT2D eigenvalue weighted by molar-refractivity contribution is 0.101. The number of rotatable bonds is 6. The van der Waals surface area contributed by atoms with Gasteiger partial charge >= 0.3 is 0 Å². The Balaban J connectivity index is 1.73. The molecule has 150 valence electrons. The molecule has 0 aliphatic carbocycles. The van der Waals surface area contributed by atoms with Gasteiger partial charge in [0.2, 0.25) is 5.78 Å². The highest BCUT2D eigenvalue weighted by molar-refractivity contribution is 9.10. The molecule has 0 spiro atoms. The molecule has 1 aromatic heterocycles. The van der Waals surface area contributed by atoms with Crippen molar-refractivity contribution in [2.45, 2.75) is 13.0 Å². The van der Waals surface area contributed by atoms with Crippen LogP contribution in [-0.4, -0.2) is 43.0 Å². The molecule has 0 fully saturated rings. The van der Waals surface area contributed by atoms with E-state index in [9.17, 15) is 4.79 Å². The highest BCUT2D eigenvalue weighted by Gasteiger charge is 2.27. The number of fused-ring (bicyclic) bond motifs is 2. The zero-order valence-electron chi connectivity index (χ0n) is 16.7. The highest BCUT2D eigenvalue weighted by Crippen LogP contribution is 2.35. The highest BCUT2D eigenvalue weighted by atomic mass is 79.9. The van der Waals surface area contributed by atoms with E-state index in [1.165, 1.54) is 0 Å². The van der Waals surface area contributed by atoms with Gasteiger partial charge in [0.05, 0.1) is 12.7 Å². The Labute approximate surface area is 178 Å². The molecule has 0 saturated heterocycles. The summed E-state index contributed by atoms with van der Waals surface area (Å²) in [7, 11) is 5.81. The van der Waals surface area contributed by atoms with Crippen LogP contribution < -0.4 is 9.47 Å². The first-order valence-electron chi connectivity index (χ1n) is 9.51. The minimum Gasteiger partial charge on any atom is -0.497 e. The Morgan fingerprint density at radius 2 is 2.03 bits per heavy atom. The van der Waals surface area contributed by atoms with Crippen molar-refractivity contribution < 1.29 is 14.3 Å². The molecule has 1 aliphatic rings. The van der Waals surface area contributed by atoms with E-state index >= 15 is 0 Å². The van der Waals surface area contributed by atoms with Crippen LogP contribution in [0.5, 0.6) is 11.5 Å². The predicted octanol–water partition coefficient (Wildman–Crippen LogP) is 4.98. The lowest BCUT2D eigenvalue weighted by atomic mass is 10.1. The topological polar surface area (TPSA) is 43.7 Å². The molecule has 0 N–H and O–H groups in total. The molecule has 3 aromatic rings. The van der Waals surface area contributed by atoms with Gasteiger partial charge in [0.25, 0.3) is 0 Å². The van der Waals surface area contributed by atoms with E-state index in [0.717, 1.165) is 46.2 Å². The van der Waals surface area contributed by atoms with Crippen LogP contribution in [0.4, 0.5) is 0 Å². The third-order valence-corrected chi connectivity index (χ3v) is 5.53. The second-order valence-corrected chi connectivity index (χ2v) is 8.31. The maximum Gasteiger partial charge on any atom is 0.232 e. The molecule has 5 nitrogen and oxygen atoms in total. The first-order chi connectivity index (χ1) is 14.0. The summed E-state index contributed by atoms with van der Waals surface area (Å²) in [6.45, 7) is 1.91. The number of Topliss-reactive ketones (excluding diaryl/α,β-unsaturated/α-hetero) is 1. The SMILES string of the molecule is COc1ccc2c(c1)c(/C=C1\Oc3ccc(Br)cc3C1=O)cn2CCCN(C)C. The Morgan fingerprint density at radius 1 is 1.21 bits per heavy atom. The molecule has 0 radical (unpaired) electrons. The van der Waals surface area contributed by atoms with Gasteiger partial charge in [0, 0.05) is 33.7 Å². The van der Waals surface area contributed by atoms with Crippen molar-refractivity contribution in [3.63, 3.8) is 0 Å². The number of hydrogen-bond donors (Lipinski definition) is 0. The fourth-order valence-corrected chi connectivity index (χ4v) is 3.95. The quantitative estimate of drug-likeness (QED) is 0.492. The number of nitrogens with zero attached hydrogens (tertiary/aromatic N) is 2. The van der Waals surface area contributed by atoms with E-state index in [4.69, 9.17) is 9.47 Å². The van der Waals surface area contributed by atoms with E-state index in [2.05, 4.69) is 51.8 Å². The van der Waals surface area contributed by atoms with Gasteiger partial charge in [-0.1, -0.05) is 15.9 Å². The Kier molecular flexibility index (Phi) is 5.48. The average Bonchev–Trinajstić information content (AvgIpc) is 3.19. The normalized spacial score (nSPS) is 14.7. The smallest absolute Gasteiger partial charge is 0.232 e. The number of carbonyl (C=O) groups excluding carboxylic acids is 1. The predicted molar refractivity (Wildman–Crippen MR) is 119 cm³/mol. The summed E-state index contributed by atoms with van der Waals surface area (Å²) in [6.07, 6.45) is 4.95. The van der Waals surface area contributed by atoms with Crippen molar-refractivity contribution in [2.24, 2.45) is 0 Å². The zero-order valence-corrected chi connectivity index (χ0v) is 18.3. The van der Waals surface area contributed by atoms with E-state index in [-0.39, 0.29) is 5.78 Å². The van der Waals surface area contributed by atoms with Crippen LogP contribution in [0, 0.1) is 0 Å². The van der Waals surface area contributed by atoms with Crippen LogP contribution >= 0.6 is 15.9 Å². The summed E-state index contributed by atoms with van der Waals surface area (Å²) in [4.78, 5) is 15.0. The molecule has 0 atom stereocenters. The van der Waals surface area contributed by atoms with Crippen LogP contribution in [0.15, 0.2) is 52.8 Å². The summed E-state index contributed by atoms with van der Waals surface area (Å²) in [5.41, 5.74) is 2.64. The fourth-order valence-electron chi connectivity index (χ4n) is 3.59. The van der Waals surface area contributed by atoms with E-state index in [1.807, 2.05) is 30.3 Å². The van der Waals surface area contributed by atoms with E-state index < -0.39 is 0 Å². The number of allylic oxidation sites excluding steroid dienone is 1. The van der Waals surface area contributed by atoms with Crippen molar-refractivity contribution in [3.8, 4) is 11.5 Å². The van der Waals surface area contributed by atoms with Crippen LogP contribution in [0.25, 0.3) is 17.0 Å². The average molecular weight is 455 g/mol.